The Hall–Kier alpha value is -1.38. The maximum atomic E-state index is 5.96. The molecule has 2 nitrogen and oxygen atoms in total. The van der Waals surface area contributed by atoms with Crippen molar-refractivity contribution in [3.05, 3.63) is 53.1 Å². The summed E-state index contributed by atoms with van der Waals surface area (Å²) in [5.41, 5.74) is 0.851. The number of benzene rings is 2. The van der Waals surface area contributed by atoms with Gasteiger partial charge in [0.25, 0.3) is 0 Å². The fourth-order valence-electron chi connectivity index (χ4n) is 1.74. The highest BCUT2D eigenvalue weighted by molar-refractivity contribution is 6.30. The standard InChI is InChI=1S/C16H16Cl2O2/c1-2-9-19-15-5-3-4-6-16(15)20-14-8-7-13(18)10-12(14)11-17/h3-8,10H,2,9,11H2,1H3. The van der Waals surface area contributed by atoms with Gasteiger partial charge in [-0.15, -0.1) is 11.6 Å². The zero-order valence-electron chi connectivity index (χ0n) is 11.2. The van der Waals surface area contributed by atoms with E-state index in [0.717, 1.165) is 17.7 Å². The van der Waals surface area contributed by atoms with Crippen LogP contribution in [0.4, 0.5) is 0 Å². The summed E-state index contributed by atoms with van der Waals surface area (Å²) in [6.45, 7) is 2.72. The van der Waals surface area contributed by atoms with E-state index in [1.807, 2.05) is 30.3 Å². The average molecular weight is 311 g/mol. The third-order valence-electron chi connectivity index (χ3n) is 2.70. The van der Waals surface area contributed by atoms with Gasteiger partial charge in [-0.2, -0.15) is 0 Å². The van der Waals surface area contributed by atoms with Crippen molar-refractivity contribution in [1.29, 1.82) is 0 Å². The van der Waals surface area contributed by atoms with Crippen molar-refractivity contribution in [2.75, 3.05) is 6.61 Å². The molecule has 0 aliphatic carbocycles. The van der Waals surface area contributed by atoms with Crippen molar-refractivity contribution in [3.8, 4) is 17.2 Å². The minimum atomic E-state index is 0.341. The number of hydrogen-bond donors (Lipinski definition) is 0. The van der Waals surface area contributed by atoms with E-state index >= 15 is 0 Å². The molecule has 0 radical (unpaired) electrons. The first-order valence-corrected chi connectivity index (χ1v) is 7.40. The Kier molecular flexibility index (Phi) is 5.57. The molecule has 20 heavy (non-hydrogen) atoms. The van der Waals surface area contributed by atoms with Crippen LogP contribution < -0.4 is 9.47 Å². The molecular weight excluding hydrogens is 295 g/mol. The zero-order chi connectivity index (χ0) is 14.4. The lowest BCUT2D eigenvalue weighted by atomic mass is 10.2. The molecule has 0 aliphatic heterocycles. The first kappa shape index (κ1) is 15.0. The molecule has 0 saturated heterocycles. The summed E-state index contributed by atoms with van der Waals surface area (Å²) in [6, 6.07) is 13.0. The summed E-state index contributed by atoms with van der Waals surface area (Å²) in [7, 11) is 0. The summed E-state index contributed by atoms with van der Waals surface area (Å²) in [5, 5.41) is 0.642. The molecule has 4 heteroatoms. The van der Waals surface area contributed by atoms with E-state index in [0.29, 0.717) is 29.0 Å². The number of alkyl halides is 1. The van der Waals surface area contributed by atoms with E-state index in [9.17, 15) is 0 Å². The van der Waals surface area contributed by atoms with Crippen molar-refractivity contribution >= 4 is 23.2 Å². The quantitative estimate of drug-likeness (QED) is 0.641. The smallest absolute Gasteiger partial charge is 0.169 e. The van der Waals surface area contributed by atoms with Crippen LogP contribution in [0.15, 0.2) is 42.5 Å². The molecule has 0 heterocycles. The highest BCUT2D eigenvalue weighted by Crippen LogP contribution is 2.34. The van der Waals surface area contributed by atoms with Crippen LogP contribution in [0.1, 0.15) is 18.9 Å². The fourth-order valence-corrected chi connectivity index (χ4v) is 2.14. The van der Waals surface area contributed by atoms with Crippen LogP contribution in [-0.4, -0.2) is 6.61 Å². The Balaban J connectivity index is 2.25. The molecule has 0 fully saturated rings. The first-order chi connectivity index (χ1) is 9.74. The third-order valence-corrected chi connectivity index (χ3v) is 3.22. The van der Waals surface area contributed by atoms with Crippen LogP contribution in [0.25, 0.3) is 0 Å². The molecule has 0 amide bonds. The summed E-state index contributed by atoms with van der Waals surface area (Å²) in [4.78, 5) is 0. The Morgan fingerprint density at radius 1 is 1.00 bits per heavy atom. The van der Waals surface area contributed by atoms with Gasteiger partial charge in [-0.25, -0.2) is 0 Å². The lowest BCUT2D eigenvalue weighted by Gasteiger charge is -2.14. The molecule has 0 bridgehead atoms. The SMILES string of the molecule is CCCOc1ccccc1Oc1ccc(Cl)cc1CCl. The molecule has 0 saturated carbocycles. The summed E-state index contributed by atoms with van der Waals surface area (Å²) >= 11 is 11.9. The van der Waals surface area contributed by atoms with Crippen LogP contribution in [0.5, 0.6) is 17.2 Å². The minimum absolute atomic E-state index is 0.341. The van der Waals surface area contributed by atoms with E-state index < -0.39 is 0 Å². The van der Waals surface area contributed by atoms with Crippen LogP contribution in [0.3, 0.4) is 0 Å². The first-order valence-electron chi connectivity index (χ1n) is 6.48. The second-order valence-electron chi connectivity index (χ2n) is 4.28. The number of halogens is 2. The molecule has 0 N–H and O–H groups in total. The van der Waals surface area contributed by atoms with Gasteiger partial charge >= 0.3 is 0 Å². The average Bonchev–Trinajstić information content (AvgIpc) is 2.48. The van der Waals surface area contributed by atoms with Crippen LogP contribution >= 0.6 is 23.2 Å². The second kappa shape index (κ2) is 7.41. The van der Waals surface area contributed by atoms with Gasteiger partial charge < -0.3 is 9.47 Å². The molecule has 0 spiro atoms. The second-order valence-corrected chi connectivity index (χ2v) is 4.99. The molecule has 0 unspecified atom stereocenters. The Morgan fingerprint density at radius 2 is 1.75 bits per heavy atom. The van der Waals surface area contributed by atoms with Gasteiger partial charge in [-0.3, -0.25) is 0 Å². The predicted octanol–water partition coefficient (Wildman–Crippen LogP) is 5.66. The molecule has 0 aromatic heterocycles. The monoisotopic (exact) mass is 310 g/mol. The van der Waals surface area contributed by atoms with E-state index in [1.165, 1.54) is 0 Å². The largest absolute Gasteiger partial charge is 0.490 e. The van der Waals surface area contributed by atoms with Gasteiger partial charge in [-0.1, -0.05) is 30.7 Å². The minimum Gasteiger partial charge on any atom is -0.490 e. The molecule has 2 rings (SSSR count). The van der Waals surface area contributed by atoms with Crippen LogP contribution in [-0.2, 0) is 5.88 Å². The van der Waals surface area contributed by atoms with Crippen molar-refractivity contribution in [1.82, 2.24) is 0 Å². The summed E-state index contributed by atoms with van der Waals surface area (Å²) in [5.74, 6) is 2.44. The van der Waals surface area contributed by atoms with E-state index in [2.05, 4.69) is 6.92 Å². The number of rotatable bonds is 6. The molecule has 2 aromatic carbocycles. The van der Waals surface area contributed by atoms with E-state index in [1.54, 1.807) is 12.1 Å². The van der Waals surface area contributed by atoms with E-state index in [-0.39, 0.29) is 0 Å². The Bertz CT molecular complexity index is 570. The normalized spacial score (nSPS) is 10.3. The van der Waals surface area contributed by atoms with Gasteiger partial charge in [0.05, 0.1) is 12.5 Å². The van der Waals surface area contributed by atoms with Gasteiger partial charge in [0, 0.05) is 10.6 Å². The lowest BCUT2D eigenvalue weighted by molar-refractivity contribution is 0.302. The number of hydrogen-bond acceptors (Lipinski definition) is 2. The number of ether oxygens (including phenoxy) is 2. The Labute approximate surface area is 129 Å². The third kappa shape index (κ3) is 3.81. The Morgan fingerprint density at radius 3 is 2.45 bits per heavy atom. The maximum absolute atomic E-state index is 5.96. The number of para-hydroxylation sites is 2. The van der Waals surface area contributed by atoms with Crippen molar-refractivity contribution in [2.24, 2.45) is 0 Å². The molecule has 0 atom stereocenters. The van der Waals surface area contributed by atoms with Gasteiger partial charge in [0.2, 0.25) is 0 Å². The van der Waals surface area contributed by atoms with Gasteiger partial charge in [0.15, 0.2) is 11.5 Å². The van der Waals surface area contributed by atoms with Crippen molar-refractivity contribution < 1.29 is 9.47 Å². The molecule has 2 aromatic rings. The summed E-state index contributed by atoms with van der Waals surface area (Å²) in [6.07, 6.45) is 0.947. The summed E-state index contributed by atoms with van der Waals surface area (Å²) < 4.78 is 11.6. The van der Waals surface area contributed by atoms with Crippen LogP contribution in [0.2, 0.25) is 5.02 Å². The van der Waals surface area contributed by atoms with Gasteiger partial charge in [-0.05, 0) is 36.8 Å². The lowest BCUT2D eigenvalue weighted by Crippen LogP contribution is -1.98. The predicted molar refractivity (Wildman–Crippen MR) is 83.3 cm³/mol. The topological polar surface area (TPSA) is 18.5 Å². The highest BCUT2D eigenvalue weighted by Gasteiger charge is 2.09. The highest BCUT2D eigenvalue weighted by atomic mass is 35.5. The molecule has 0 aliphatic rings. The van der Waals surface area contributed by atoms with Crippen LogP contribution in [0, 0.1) is 0 Å². The zero-order valence-corrected chi connectivity index (χ0v) is 12.7. The van der Waals surface area contributed by atoms with Gasteiger partial charge in [0.1, 0.15) is 5.75 Å². The molecular formula is C16H16Cl2O2. The van der Waals surface area contributed by atoms with Crippen molar-refractivity contribution in [2.45, 2.75) is 19.2 Å². The van der Waals surface area contributed by atoms with E-state index in [4.69, 9.17) is 32.7 Å². The van der Waals surface area contributed by atoms with Crippen molar-refractivity contribution in [3.63, 3.8) is 0 Å². The maximum Gasteiger partial charge on any atom is 0.169 e. The molecule has 106 valence electrons. The fraction of sp³-hybridized carbons (Fsp3) is 0.250.